The molecule has 5 atom stereocenters. The van der Waals surface area contributed by atoms with Crippen LogP contribution in [-0.2, 0) is 14.3 Å². The fraction of sp³-hybridized carbons (Fsp3) is 0.900. The van der Waals surface area contributed by atoms with Gasteiger partial charge in [0.05, 0.1) is 32.4 Å². The van der Waals surface area contributed by atoms with Crippen LogP contribution in [-0.4, -0.2) is 90.8 Å². The molecule has 0 aromatic carbocycles. The van der Waals surface area contributed by atoms with Gasteiger partial charge in [0.2, 0.25) is 5.91 Å². The molecule has 3 heterocycles. The number of likely N-dealkylation sites (tertiary alicyclic amines) is 1. The average Bonchev–Trinajstić information content (AvgIpc) is 3.58. The quantitative estimate of drug-likeness (QED) is 0.736. The Morgan fingerprint density at radius 1 is 1.07 bits per heavy atom. The van der Waals surface area contributed by atoms with Crippen molar-refractivity contribution in [2.24, 2.45) is 17.8 Å². The standard InChI is InChI=1S/C20H31N3O4/c1-3-22(12-4-5-12)19(24)18-16-8-21(9-17(16)18)13-6-14-10-27-11-15(7-13)23(14)20(25)26-2/h12-18H,3-11H2,1-2H3/t13?,14?,15?,16-,17+,18+. The highest BCUT2D eigenvalue weighted by Gasteiger charge is 2.62. The summed E-state index contributed by atoms with van der Waals surface area (Å²) in [4.78, 5) is 31.6. The Morgan fingerprint density at radius 2 is 1.70 bits per heavy atom. The van der Waals surface area contributed by atoms with Gasteiger partial charge in [0.1, 0.15) is 0 Å². The molecule has 7 nitrogen and oxygen atoms in total. The van der Waals surface area contributed by atoms with Crippen molar-refractivity contribution in [2.75, 3.05) is 40.0 Å². The average molecular weight is 377 g/mol. The zero-order chi connectivity index (χ0) is 18.7. The molecule has 0 aromatic heterocycles. The van der Waals surface area contributed by atoms with Crippen molar-refractivity contribution in [3.05, 3.63) is 0 Å². The van der Waals surface area contributed by atoms with Gasteiger partial charge in [-0.3, -0.25) is 14.6 Å². The Morgan fingerprint density at radius 3 is 2.22 bits per heavy atom. The third kappa shape index (κ3) is 2.94. The Balaban J connectivity index is 1.19. The highest BCUT2D eigenvalue weighted by Crippen LogP contribution is 2.54. The van der Waals surface area contributed by atoms with Crippen LogP contribution in [0.5, 0.6) is 0 Å². The van der Waals surface area contributed by atoms with E-state index >= 15 is 0 Å². The lowest BCUT2D eigenvalue weighted by Gasteiger charge is -2.49. The third-order valence-corrected chi connectivity index (χ3v) is 7.52. The zero-order valence-corrected chi connectivity index (χ0v) is 16.4. The molecule has 2 bridgehead atoms. The summed E-state index contributed by atoms with van der Waals surface area (Å²) in [6.07, 6.45) is 4.07. The van der Waals surface area contributed by atoms with Gasteiger partial charge < -0.3 is 14.4 Å². The van der Waals surface area contributed by atoms with Gasteiger partial charge in [0.25, 0.3) is 0 Å². The van der Waals surface area contributed by atoms with E-state index in [0.29, 0.717) is 43.0 Å². The van der Waals surface area contributed by atoms with Crippen LogP contribution in [0.3, 0.4) is 0 Å². The second-order valence-corrected chi connectivity index (χ2v) is 9.01. The van der Waals surface area contributed by atoms with Crippen LogP contribution in [0, 0.1) is 17.8 Å². The van der Waals surface area contributed by atoms with E-state index in [1.807, 2.05) is 4.90 Å². The molecule has 3 aliphatic heterocycles. The number of hydrogen-bond acceptors (Lipinski definition) is 5. The van der Waals surface area contributed by atoms with Crippen molar-refractivity contribution in [3.8, 4) is 0 Å². The van der Waals surface area contributed by atoms with Gasteiger partial charge in [0, 0.05) is 37.6 Å². The van der Waals surface area contributed by atoms with Crippen LogP contribution in [0.2, 0.25) is 0 Å². The highest BCUT2D eigenvalue weighted by atomic mass is 16.5. The Labute approximate surface area is 160 Å². The first kappa shape index (κ1) is 17.7. The van der Waals surface area contributed by atoms with E-state index in [-0.39, 0.29) is 24.1 Å². The van der Waals surface area contributed by atoms with Crippen LogP contribution >= 0.6 is 0 Å². The lowest BCUT2D eigenvalue weighted by atomic mass is 9.89. The predicted molar refractivity (Wildman–Crippen MR) is 98.1 cm³/mol. The summed E-state index contributed by atoms with van der Waals surface area (Å²) in [6, 6.07) is 1.27. The second kappa shape index (κ2) is 6.62. The predicted octanol–water partition coefficient (Wildman–Crippen LogP) is 1.17. The van der Waals surface area contributed by atoms with E-state index < -0.39 is 0 Å². The summed E-state index contributed by atoms with van der Waals surface area (Å²) in [5, 5.41) is 0. The van der Waals surface area contributed by atoms with Gasteiger partial charge in [-0.2, -0.15) is 0 Å². The molecule has 5 fully saturated rings. The molecule has 5 rings (SSSR count). The monoisotopic (exact) mass is 377 g/mol. The van der Waals surface area contributed by atoms with Gasteiger partial charge in [0.15, 0.2) is 0 Å². The van der Waals surface area contributed by atoms with Crippen LogP contribution in [0.1, 0.15) is 32.6 Å². The summed E-state index contributed by atoms with van der Waals surface area (Å²) < 4.78 is 10.7. The van der Waals surface area contributed by atoms with Gasteiger partial charge in [-0.25, -0.2) is 4.79 Å². The van der Waals surface area contributed by atoms with E-state index in [1.54, 1.807) is 0 Å². The van der Waals surface area contributed by atoms with Crippen molar-refractivity contribution in [3.63, 3.8) is 0 Å². The van der Waals surface area contributed by atoms with E-state index in [4.69, 9.17) is 9.47 Å². The van der Waals surface area contributed by atoms with Crippen molar-refractivity contribution < 1.29 is 19.1 Å². The van der Waals surface area contributed by atoms with Crippen molar-refractivity contribution in [1.82, 2.24) is 14.7 Å². The SMILES string of the molecule is CCN(C(=O)[C@H]1[C@@H]2CN(C3CC4COCC(C3)N4C(=O)OC)C[C@@H]21)C1CC1. The molecule has 2 amide bonds. The summed E-state index contributed by atoms with van der Waals surface area (Å²) in [5.74, 6) is 1.81. The van der Waals surface area contributed by atoms with E-state index in [2.05, 4.69) is 16.7 Å². The number of ether oxygens (including phenoxy) is 2. The molecule has 0 spiro atoms. The topological polar surface area (TPSA) is 62.3 Å². The van der Waals surface area contributed by atoms with Crippen LogP contribution in [0.4, 0.5) is 4.79 Å². The number of hydrogen-bond donors (Lipinski definition) is 0. The molecule has 150 valence electrons. The molecular weight excluding hydrogens is 346 g/mol. The summed E-state index contributed by atoms with van der Waals surface area (Å²) in [7, 11) is 1.46. The molecule has 7 heteroatoms. The molecule has 0 aromatic rings. The van der Waals surface area contributed by atoms with Crippen LogP contribution in [0.25, 0.3) is 0 Å². The van der Waals surface area contributed by atoms with Crippen molar-refractivity contribution >= 4 is 12.0 Å². The first-order valence-corrected chi connectivity index (χ1v) is 10.6. The van der Waals surface area contributed by atoms with E-state index in [1.165, 1.54) is 20.0 Å². The molecule has 2 aliphatic carbocycles. The molecular formula is C20H31N3O4. The van der Waals surface area contributed by atoms with Crippen molar-refractivity contribution in [1.29, 1.82) is 0 Å². The maximum absolute atomic E-state index is 12.9. The first-order valence-electron chi connectivity index (χ1n) is 10.6. The summed E-state index contributed by atoms with van der Waals surface area (Å²) in [5.41, 5.74) is 0. The van der Waals surface area contributed by atoms with Gasteiger partial charge >= 0.3 is 6.09 Å². The minimum atomic E-state index is -0.221. The molecule has 2 unspecified atom stereocenters. The van der Waals surface area contributed by atoms with E-state index in [9.17, 15) is 9.59 Å². The summed E-state index contributed by atoms with van der Waals surface area (Å²) >= 11 is 0. The normalized spacial score (nSPS) is 40.4. The summed E-state index contributed by atoms with van der Waals surface area (Å²) in [6.45, 7) is 6.28. The maximum atomic E-state index is 12.9. The number of carbonyl (C=O) groups excluding carboxylic acids is 2. The number of amides is 2. The lowest BCUT2D eigenvalue weighted by molar-refractivity contribution is -0.134. The molecule has 2 saturated carbocycles. The molecule has 5 aliphatic rings. The fourth-order valence-electron chi connectivity index (χ4n) is 5.98. The Bertz CT molecular complexity index is 598. The number of methoxy groups -OCH3 is 1. The molecule has 3 saturated heterocycles. The second-order valence-electron chi connectivity index (χ2n) is 9.01. The number of piperidine rings is 2. The largest absolute Gasteiger partial charge is 0.453 e. The molecule has 0 radical (unpaired) electrons. The van der Waals surface area contributed by atoms with Gasteiger partial charge in [-0.05, 0) is 44.4 Å². The van der Waals surface area contributed by atoms with Crippen LogP contribution < -0.4 is 0 Å². The molecule has 0 N–H and O–H groups in total. The highest BCUT2D eigenvalue weighted by molar-refractivity contribution is 5.83. The third-order valence-electron chi connectivity index (χ3n) is 7.52. The smallest absolute Gasteiger partial charge is 0.410 e. The number of fused-ring (bicyclic) bond motifs is 3. The number of carbonyl (C=O) groups is 2. The maximum Gasteiger partial charge on any atom is 0.410 e. The molecule has 27 heavy (non-hydrogen) atoms. The lowest BCUT2D eigenvalue weighted by Crippen LogP contribution is -2.62. The first-order chi connectivity index (χ1) is 13.1. The number of rotatable bonds is 4. The Kier molecular flexibility index (Phi) is 4.35. The minimum absolute atomic E-state index is 0.120. The Hall–Kier alpha value is -1.34. The number of nitrogens with zero attached hydrogens (tertiary/aromatic N) is 3. The van der Waals surface area contributed by atoms with Crippen molar-refractivity contribution in [2.45, 2.75) is 56.8 Å². The fourth-order valence-corrected chi connectivity index (χ4v) is 5.98. The minimum Gasteiger partial charge on any atom is -0.453 e. The number of morpholine rings is 1. The van der Waals surface area contributed by atoms with Crippen LogP contribution in [0.15, 0.2) is 0 Å². The zero-order valence-electron chi connectivity index (χ0n) is 16.4. The van der Waals surface area contributed by atoms with E-state index in [0.717, 1.165) is 32.5 Å². The van der Waals surface area contributed by atoms with Gasteiger partial charge in [-0.15, -0.1) is 0 Å². The van der Waals surface area contributed by atoms with Gasteiger partial charge in [-0.1, -0.05) is 0 Å².